The van der Waals surface area contributed by atoms with E-state index in [4.69, 9.17) is 0 Å². The Morgan fingerprint density at radius 2 is 1.95 bits per heavy atom. The second kappa shape index (κ2) is 5.84. The number of rotatable bonds is 3. The Labute approximate surface area is 121 Å². The molecular formula is C14H17BrN4. The molecule has 0 atom stereocenters. The highest BCUT2D eigenvalue weighted by molar-refractivity contribution is 9.10. The lowest BCUT2D eigenvalue weighted by Gasteiger charge is -2.22. The molecule has 0 radical (unpaired) electrons. The molecule has 19 heavy (non-hydrogen) atoms. The molecule has 0 saturated carbocycles. The third-order valence-electron chi connectivity index (χ3n) is 3.62. The predicted octanol–water partition coefficient (Wildman–Crippen LogP) is 2.56. The van der Waals surface area contributed by atoms with Crippen LogP contribution in [0, 0.1) is 0 Å². The predicted molar refractivity (Wildman–Crippen MR) is 78.1 cm³/mol. The molecular weight excluding hydrogens is 304 g/mol. The van der Waals surface area contributed by atoms with Crippen LogP contribution in [0.15, 0.2) is 35.1 Å². The molecule has 1 aliphatic rings. The zero-order valence-electron chi connectivity index (χ0n) is 10.7. The molecule has 3 rings (SSSR count). The van der Waals surface area contributed by atoms with E-state index in [0.717, 1.165) is 42.8 Å². The van der Waals surface area contributed by atoms with Crippen molar-refractivity contribution in [1.29, 1.82) is 0 Å². The Balaban J connectivity index is 1.77. The van der Waals surface area contributed by atoms with Gasteiger partial charge in [0.2, 0.25) is 0 Å². The molecule has 1 aliphatic heterocycles. The lowest BCUT2D eigenvalue weighted by Crippen LogP contribution is -2.28. The largest absolute Gasteiger partial charge is 0.317 e. The van der Waals surface area contributed by atoms with Gasteiger partial charge in [-0.2, -0.15) is 0 Å². The van der Waals surface area contributed by atoms with Crippen LogP contribution in [0.1, 0.15) is 30.1 Å². The standard InChI is InChI=1S/C14H17BrN4/c15-13-3-1-11(2-4-13)9-19-10-17-18-14(19)12-5-7-16-8-6-12/h1-4,10,12,16H,5-9H2. The number of hydrogen-bond donors (Lipinski definition) is 1. The molecule has 100 valence electrons. The first-order chi connectivity index (χ1) is 9.33. The number of nitrogens with zero attached hydrogens (tertiary/aromatic N) is 3. The van der Waals surface area contributed by atoms with E-state index in [1.165, 1.54) is 5.56 Å². The average Bonchev–Trinajstić information content (AvgIpc) is 2.90. The molecule has 0 aliphatic carbocycles. The Bertz CT molecular complexity index is 529. The number of hydrogen-bond acceptors (Lipinski definition) is 3. The summed E-state index contributed by atoms with van der Waals surface area (Å²) < 4.78 is 3.29. The number of halogens is 1. The lowest BCUT2D eigenvalue weighted by molar-refractivity contribution is 0.433. The van der Waals surface area contributed by atoms with Gasteiger partial charge in [0.25, 0.3) is 0 Å². The van der Waals surface area contributed by atoms with E-state index in [0.29, 0.717) is 5.92 Å². The SMILES string of the molecule is Brc1ccc(Cn2cnnc2C2CCNCC2)cc1. The van der Waals surface area contributed by atoms with E-state index in [1.54, 1.807) is 0 Å². The number of nitrogens with one attached hydrogen (secondary N) is 1. The molecule has 2 heterocycles. The van der Waals surface area contributed by atoms with E-state index in [9.17, 15) is 0 Å². The second-order valence-electron chi connectivity index (χ2n) is 4.97. The van der Waals surface area contributed by atoms with Gasteiger partial charge in [-0.1, -0.05) is 28.1 Å². The first-order valence-corrected chi connectivity index (χ1v) is 7.45. The van der Waals surface area contributed by atoms with Crippen molar-refractivity contribution in [2.24, 2.45) is 0 Å². The van der Waals surface area contributed by atoms with Crippen LogP contribution in [0.3, 0.4) is 0 Å². The smallest absolute Gasteiger partial charge is 0.136 e. The molecule has 1 N–H and O–H groups in total. The minimum absolute atomic E-state index is 0.541. The van der Waals surface area contributed by atoms with Gasteiger partial charge in [0.1, 0.15) is 12.2 Å². The summed E-state index contributed by atoms with van der Waals surface area (Å²) in [5.41, 5.74) is 1.28. The zero-order valence-corrected chi connectivity index (χ0v) is 12.3. The van der Waals surface area contributed by atoms with Crippen molar-refractivity contribution < 1.29 is 0 Å². The van der Waals surface area contributed by atoms with Crippen LogP contribution >= 0.6 is 15.9 Å². The molecule has 5 heteroatoms. The Morgan fingerprint density at radius 1 is 1.21 bits per heavy atom. The molecule has 1 aromatic heterocycles. The topological polar surface area (TPSA) is 42.7 Å². The summed E-state index contributed by atoms with van der Waals surface area (Å²) >= 11 is 3.46. The maximum Gasteiger partial charge on any atom is 0.136 e. The van der Waals surface area contributed by atoms with Gasteiger partial charge in [-0.05, 0) is 43.6 Å². The molecule has 1 saturated heterocycles. The fourth-order valence-corrected chi connectivity index (χ4v) is 2.83. The van der Waals surface area contributed by atoms with Crippen LogP contribution in [0.5, 0.6) is 0 Å². The summed E-state index contributed by atoms with van der Waals surface area (Å²) in [6.45, 7) is 3.01. The van der Waals surface area contributed by atoms with Crippen molar-refractivity contribution in [3.63, 3.8) is 0 Å². The summed E-state index contributed by atoms with van der Waals surface area (Å²) in [5, 5.41) is 11.8. The Morgan fingerprint density at radius 3 is 2.68 bits per heavy atom. The van der Waals surface area contributed by atoms with Crippen LogP contribution in [-0.2, 0) is 6.54 Å². The molecule has 0 bridgehead atoms. The summed E-state index contributed by atoms with van der Waals surface area (Å²) in [7, 11) is 0. The summed E-state index contributed by atoms with van der Waals surface area (Å²) in [6, 6.07) is 8.42. The van der Waals surface area contributed by atoms with Gasteiger partial charge >= 0.3 is 0 Å². The van der Waals surface area contributed by atoms with Crippen LogP contribution < -0.4 is 5.32 Å². The van der Waals surface area contributed by atoms with Crippen LogP contribution in [0.25, 0.3) is 0 Å². The maximum atomic E-state index is 4.33. The van der Waals surface area contributed by atoms with Crippen molar-refractivity contribution in [3.8, 4) is 0 Å². The third kappa shape index (κ3) is 3.04. The monoisotopic (exact) mass is 320 g/mol. The fraction of sp³-hybridized carbons (Fsp3) is 0.429. The Kier molecular flexibility index (Phi) is 3.94. The van der Waals surface area contributed by atoms with Crippen LogP contribution in [0.2, 0.25) is 0 Å². The van der Waals surface area contributed by atoms with E-state index in [-0.39, 0.29) is 0 Å². The molecule has 0 unspecified atom stereocenters. The van der Waals surface area contributed by atoms with Gasteiger partial charge < -0.3 is 9.88 Å². The van der Waals surface area contributed by atoms with Crippen LogP contribution in [-0.4, -0.2) is 27.9 Å². The van der Waals surface area contributed by atoms with E-state index in [2.05, 4.69) is 60.3 Å². The first-order valence-electron chi connectivity index (χ1n) is 6.66. The minimum Gasteiger partial charge on any atom is -0.317 e. The second-order valence-corrected chi connectivity index (χ2v) is 5.88. The average molecular weight is 321 g/mol. The summed E-state index contributed by atoms with van der Waals surface area (Å²) in [6.07, 6.45) is 4.15. The lowest BCUT2D eigenvalue weighted by atomic mass is 9.97. The molecule has 0 amide bonds. The van der Waals surface area contributed by atoms with Gasteiger partial charge in [-0.25, -0.2) is 0 Å². The highest BCUT2D eigenvalue weighted by Crippen LogP contribution is 2.23. The molecule has 1 aromatic carbocycles. The summed E-state index contributed by atoms with van der Waals surface area (Å²) in [4.78, 5) is 0. The third-order valence-corrected chi connectivity index (χ3v) is 4.14. The zero-order chi connectivity index (χ0) is 13.1. The normalized spacial score (nSPS) is 16.7. The quantitative estimate of drug-likeness (QED) is 0.945. The van der Waals surface area contributed by atoms with Crippen molar-refractivity contribution >= 4 is 15.9 Å². The van der Waals surface area contributed by atoms with Crippen LogP contribution in [0.4, 0.5) is 0 Å². The number of piperidine rings is 1. The highest BCUT2D eigenvalue weighted by atomic mass is 79.9. The number of benzene rings is 1. The molecule has 2 aromatic rings. The van der Waals surface area contributed by atoms with Crippen molar-refractivity contribution in [3.05, 3.63) is 46.5 Å². The molecule has 1 fully saturated rings. The van der Waals surface area contributed by atoms with Gasteiger partial charge in [-0.3, -0.25) is 0 Å². The van der Waals surface area contributed by atoms with E-state index < -0.39 is 0 Å². The van der Waals surface area contributed by atoms with Gasteiger partial charge in [-0.15, -0.1) is 10.2 Å². The number of aromatic nitrogens is 3. The molecule has 0 spiro atoms. The summed E-state index contributed by atoms with van der Waals surface area (Å²) in [5.74, 6) is 1.67. The maximum absolute atomic E-state index is 4.33. The fourth-order valence-electron chi connectivity index (χ4n) is 2.57. The van der Waals surface area contributed by atoms with Gasteiger partial charge in [0, 0.05) is 10.4 Å². The molecule has 4 nitrogen and oxygen atoms in total. The van der Waals surface area contributed by atoms with Gasteiger partial charge in [0.05, 0.1) is 6.54 Å². The van der Waals surface area contributed by atoms with Crippen molar-refractivity contribution in [1.82, 2.24) is 20.1 Å². The van der Waals surface area contributed by atoms with E-state index >= 15 is 0 Å². The van der Waals surface area contributed by atoms with Gasteiger partial charge in [0.15, 0.2) is 0 Å². The Hall–Kier alpha value is -1.20. The van der Waals surface area contributed by atoms with E-state index in [1.807, 2.05) is 6.33 Å². The minimum atomic E-state index is 0.541. The first kappa shape index (κ1) is 12.8. The highest BCUT2D eigenvalue weighted by Gasteiger charge is 2.20. The van der Waals surface area contributed by atoms with Crippen molar-refractivity contribution in [2.75, 3.05) is 13.1 Å². The van der Waals surface area contributed by atoms with Crippen molar-refractivity contribution in [2.45, 2.75) is 25.3 Å².